The van der Waals surface area contributed by atoms with Crippen LogP contribution in [0.4, 0.5) is 20.7 Å². The van der Waals surface area contributed by atoms with Gasteiger partial charge in [0.05, 0.1) is 0 Å². The van der Waals surface area contributed by atoms with Gasteiger partial charge in [0.2, 0.25) is 11.9 Å². The monoisotopic (exact) mass is 505 g/mol. The zero-order valence-corrected chi connectivity index (χ0v) is 22.3. The lowest BCUT2D eigenvalue weighted by molar-refractivity contribution is -0.0980. The van der Waals surface area contributed by atoms with E-state index in [0.29, 0.717) is 28.7 Å². The van der Waals surface area contributed by atoms with E-state index in [1.165, 1.54) is 23.9 Å². The number of aromatic nitrogens is 3. The number of aliphatic hydroxyl groups is 2. The Bertz CT molecular complexity index is 781. The molecule has 1 atom stereocenters. The number of carbonyl (C=O) groups excluding carboxylic acids is 1. The molecule has 1 unspecified atom stereocenters. The lowest BCUT2D eigenvalue weighted by Crippen LogP contribution is -2.06. The Morgan fingerprint density at radius 2 is 1.68 bits per heavy atom. The van der Waals surface area contributed by atoms with Crippen LogP contribution < -0.4 is 11.1 Å². The molecule has 11 heteroatoms. The van der Waals surface area contributed by atoms with Gasteiger partial charge in [-0.2, -0.15) is 15.0 Å². The summed E-state index contributed by atoms with van der Waals surface area (Å²) in [6, 6.07) is 3.48. The molecular weight excluding hydrogens is 464 g/mol. The first-order valence-electron chi connectivity index (χ1n) is 10.8. The topological polar surface area (TPSA) is 134 Å². The number of hydrogen-bond acceptors (Lipinski definition) is 9. The minimum Gasteiger partial charge on any atom is -0.397 e. The van der Waals surface area contributed by atoms with Crippen molar-refractivity contribution in [2.45, 2.75) is 65.3 Å². The summed E-state index contributed by atoms with van der Waals surface area (Å²) in [5.74, 6) is -0.781. The molecule has 1 heterocycles. The third-order valence-electron chi connectivity index (χ3n) is 3.40. The molecule has 196 valence electrons. The first-order valence-corrected chi connectivity index (χ1v) is 11.7. The highest BCUT2D eigenvalue weighted by atomic mass is 32.2. The standard InChI is InChI=1S/C12H13F2N5S.C6H14O.C2H6O.C2H6.CH2O/c1-6(8-4-3-7(13)5-9(8)14)20-12-18-10(15)17-11(16-2)19-12;1-6(2,3)4-5-7;1-2-3;2*1-2/h3-6H,1-2H3,(H3,15,16,17,18,19);7H,4-5H2,1-3H3;3H,2H2,1H3;1-2H3;1H2. The van der Waals surface area contributed by atoms with Gasteiger partial charge in [-0.1, -0.05) is 52.4 Å². The van der Waals surface area contributed by atoms with E-state index in [9.17, 15) is 8.78 Å². The zero-order valence-electron chi connectivity index (χ0n) is 21.5. The average Bonchev–Trinajstić information content (AvgIpc) is 2.76. The first kappa shape index (κ1) is 36.2. The average molecular weight is 506 g/mol. The minimum absolute atomic E-state index is 0.0821. The third-order valence-corrected chi connectivity index (χ3v) is 4.40. The van der Waals surface area contributed by atoms with Crippen LogP contribution in [0.1, 0.15) is 65.7 Å². The van der Waals surface area contributed by atoms with Crippen molar-refractivity contribution in [3.05, 3.63) is 35.4 Å². The molecule has 8 nitrogen and oxygen atoms in total. The molecule has 0 fully saturated rings. The van der Waals surface area contributed by atoms with E-state index in [-0.39, 0.29) is 17.8 Å². The van der Waals surface area contributed by atoms with Crippen molar-refractivity contribution >= 4 is 30.4 Å². The normalized spacial score (nSPS) is 10.5. The number of nitrogen functional groups attached to an aromatic ring is 1. The van der Waals surface area contributed by atoms with Crippen molar-refractivity contribution < 1.29 is 23.8 Å². The number of rotatable bonds is 5. The van der Waals surface area contributed by atoms with Crippen LogP contribution in [0, 0.1) is 17.0 Å². The number of nitrogens with two attached hydrogens (primary N) is 1. The Labute approximate surface area is 206 Å². The molecule has 0 aliphatic carbocycles. The highest BCUT2D eigenvalue weighted by Gasteiger charge is 2.15. The Hall–Kier alpha value is -2.37. The number of hydrogen-bond donors (Lipinski definition) is 4. The fourth-order valence-corrected chi connectivity index (χ4v) is 2.84. The van der Waals surface area contributed by atoms with Gasteiger partial charge in [0, 0.05) is 37.1 Å². The lowest BCUT2D eigenvalue weighted by Gasteiger charge is -2.14. The molecule has 0 aliphatic heterocycles. The molecule has 1 aromatic carbocycles. The lowest BCUT2D eigenvalue weighted by atomic mass is 9.93. The van der Waals surface area contributed by atoms with Gasteiger partial charge in [0.15, 0.2) is 5.16 Å². The highest BCUT2D eigenvalue weighted by molar-refractivity contribution is 7.99. The zero-order chi connectivity index (χ0) is 27.3. The third kappa shape index (κ3) is 18.1. The van der Waals surface area contributed by atoms with E-state index >= 15 is 0 Å². The van der Waals surface area contributed by atoms with Gasteiger partial charge in [-0.15, -0.1) is 0 Å². The van der Waals surface area contributed by atoms with Gasteiger partial charge in [-0.25, -0.2) is 8.78 Å². The van der Waals surface area contributed by atoms with Crippen LogP contribution in [0.3, 0.4) is 0 Å². The summed E-state index contributed by atoms with van der Waals surface area (Å²) in [4.78, 5) is 20.0. The van der Waals surface area contributed by atoms with Crippen LogP contribution in [-0.2, 0) is 4.79 Å². The fourth-order valence-electron chi connectivity index (χ4n) is 1.92. The number of benzene rings is 1. The van der Waals surface area contributed by atoms with Crippen LogP contribution in [0.15, 0.2) is 23.4 Å². The van der Waals surface area contributed by atoms with Crippen molar-refractivity contribution in [1.29, 1.82) is 0 Å². The van der Waals surface area contributed by atoms with Crippen molar-refractivity contribution in [3.63, 3.8) is 0 Å². The molecule has 34 heavy (non-hydrogen) atoms. The summed E-state index contributed by atoms with van der Waals surface area (Å²) in [7, 11) is 1.66. The molecule has 2 rings (SSSR count). The smallest absolute Gasteiger partial charge is 0.228 e. The number of nitrogens with one attached hydrogen (secondary N) is 1. The summed E-state index contributed by atoms with van der Waals surface area (Å²) in [6.45, 7) is 16.4. The maximum absolute atomic E-state index is 13.7. The van der Waals surface area contributed by atoms with Gasteiger partial charge in [-0.3, -0.25) is 0 Å². The molecule has 0 spiro atoms. The molecule has 1 aromatic heterocycles. The SMILES string of the molecule is C=O.CC.CC(C)(C)CCO.CCO.CNc1nc(N)nc(SC(C)c2ccc(F)cc2F)n1. The largest absolute Gasteiger partial charge is 0.397 e. The van der Waals surface area contributed by atoms with Crippen LogP contribution >= 0.6 is 11.8 Å². The van der Waals surface area contributed by atoms with Crippen molar-refractivity contribution in [3.8, 4) is 0 Å². The highest BCUT2D eigenvalue weighted by Crippen LogP contribution is 2.34. The molecular formula is C23H41F2N5O3S. The Morgan fingerprint density at radius 3 is 2.06 bits per heavy atom. The maximum atomic E-state index is 13.7. The summed E-state index contributed by atoms with van der Waals surface area (Å²) in [5, 5.41) is 18.8. The number of carbonyl (C=O) groups is 1. The second kappa shape index (κ2) is 21.2. The van der Waals surface area contributed by atoms with Gasteiger partial charge < -0.3 is 26.1 Å². The Balaban J connectivity index is -0.000000573. The number of thioether (sulfide) groups is 1. The molecule has 0 bridgehead atoms. The van der Waals surface area contributed by atoms with Crippen LogP contribution in [0.25, 0.3) is 0 Å². The first-order chi connectivity index (χ1) is 16.0. The van der Waals surface area contributed by atoms with Gasteiger partial charge >= 0.3 is 0 Å². The molecule has 0 amide bonds. The molecule has 0 aliphatic rings. The number of anilines is 2. The van der Waals surface area contributed by atoms with Gasteiger partial charge in [-0.05, 0) is 31.7 Å². The Morgan fingerprint density at radius 1 is 1.15 bits per heavy atom. The maximum Gasteiger partial charge on any atom is 0.228 e. The molecule has 5 N–H and O–H groups in total. The van der Waals surface area contributed by atoms with E-state index in [1.54, 1.807) is 20.9 Å². The summed E-state index contributed by atoms with van der Waals surface area (Å²) in [5.41, 5.74) is 6.24. The van der Waals surface area contributed by atoms with Gasteiger partial charge in [0.25, 0.3) is 0 Å². The van der Waals surface area contributed by atoms with Gasteiger partial charge in [0.1, 0.15) is 18.4 Å². The second-order valence-electron chi connectivity index (χ2n) is 7.33. The van der Waals surface area contributed by atoms with Crippen molar-refractivity contribution in [1.82, 2.24) is 15.0 Å². The fraction of sp³-hybridized carbons (Fsp3) is 0.565. The summed E-state index contributed by atoms with van der Waals surface area (Å²) < 4.78 is 26.6. The van der Waals surface area contributed by atoms with Crippen LogP contribution in [-0.4, -0.2) is 52.2 Å². The van der Waals surface area contributed by atoms with E-state index < -0.39 is 11.6 Å². The molecule has 0 radical (unpaired) electrons. The molecule has 0 saturated carbocycles. The van der Waals surface area contributed by atoms with Crippen molar-refractivity contribution in [2.24, 2.45) is 5.41 Å². The van der Waals surface area contributed by atoms with E-state index in [0.717, 1.165) is 12.5 Å². The number of nitrogens with zero attached hydrogens (tertiary/aromatic N) is 3. The van der Waals surface area contributed by atoms with E-state index in [2.05, 4.69) is 41.0 Å². The Kier molecular flexibility index (Phi) is 22.6. The van der Waals surface area contributed by atoms with Crippen molar-refractivity contribution in [2.75, 3.05) is 31.3 Å². The van der Waals surface area contributed by atoms with Crippen LogP contribution in [0.5, 0.6) is 0 Å². The molecule has 2 aromatic rings. The quantitative estimate of drug-likeness (QED) is 0.419. The predicted octanol–water partition coefficient (Wildman–Crippen LogP) is 4.88. The second-order valence-corrected chi connectivity index (χ2v) is 8.63. The van der Waals surface area contributed by atoms with E-state index in [4.69, 9.17) is 20.7 Å². The molecule has 0 saturated heterocycles. The number of aliphatic hydroxyl groups excluding tert-OH is 2. The predicted molar refractivity (Wildman–Crippen MR) is 137 cm³/mol. The minimum atomic E-state index is -0.606. The van der Waals surface area contributed by atoms with E-state index in [1.807, 2.05) is 20.6 Å². The number of halogens is 2. The van der Waals surface area contributed by atoms with Crippen LogP contribution in [0.2, 0.25) is 0 Å². The summed E-state index contributed by atoms with van der Waals surface area (Å²) in [6.07, 6.45) is 0.896. The summed E-state index contributed by atoms with van der Waals surface area (Å²) >= 11 is 1.22.